The number of aryl methyl sites for hydroxylation is 1. The molecule has 1 fully saturated rings. The molecule has 6 nitrogen and oxygen atoms in total. The average Bonchev–Trinajstić information content (AvgIpc) is 2.91. The second-order valence-electron chi connectivity index (χ2n) is 7.48. The predicted molar refractivity (Wildman–Crippen MR) is 105 cm³/mol. The van der Waals surface area contributed by atoms with Crippen LogP contribution in [-0.4, -0.2) is 56.0 Å². The number of likely N-dealkylation sites (N-methyl/N-ethyl adjacent to an activating group) is 1. The summed E-state index contributed by atoms with van der Waals surface area (Å²) in [6.07, 6.45) is 3.29. The lowest BCUT2D eigenvalue weighted by Gasteiger charge is -2.28. The normalized spacial score (nSPS) is 18.0. The van der Waals surface area contributed by atoms with Gasteiger partial charge in [-0.15, -0.1) is 0 Å². The minimum atomic E-state index is -0.444. The summed E-state index contributed by atoms with van der Waals surface area (Å²) in [5, 5.41) is 0.834. The van der Waals surface area contributed by atoms with Gasteiger partial charge in [0.05, 0.1) is 19.1 Å². The monoisotopic (exact) mass is 372 g/mol. The quantitative estimate of drug-likeness (QED) is 0.772. The zero-order valence-electron chi connectivity index (χ0n) is 16.6. The van der Waals surface area contributed by atoms with E-state index in [0.29, 0.717) is 29.5 Å². The number of hydrogen-bond donors (Lipinski definition) is 0. The van der Waals surface area contributed by atoms with Crippen LogP contribution in [0.4, 0.5) is 0 Å². The maximum absolute atomic E-state index is 12.9. The summed E-state index contributed by atoms with van der Waals surface area (Å²) in [7, 11) is 5.67. The van der Waals surface area contributed by atoms with Crippen molar-refractivity contribution < 1.29 is 13.9 Å². The summed E-state index contributed by atoms with van der Waals surface area (Å²) >= 11 is 0. The summed E-state index contributed by atoms with van der Waals surface area (Å²) in [4.78, 5) is 29.5. The molecule has 2 heterocycles. The summed E-state index contributed by atoms with van der Waals surface area (Å²) in [6.45, 7) is 3.33. The van der Waals surface area contributed by atoms with Crippen LogP contribution >= 0.6 is 0 Å². The molecule has 2 aromatic rings. The lowest BCUT2D eigenvalue weighted by Crippen LogP contribution is -2.42. The van der Waals surface area contributed by atoms with Crippen LogP contribution in [0.1, 0.15) is 30.4 Å². The number of nitrogens with zero attached hydrogens (tertiary/aromatic N) is 2. The topological polar surface area (TPSA) is 63.0 Å². The van der Waals surface area contributed by atoms with Gasteiger partial charge in [-0.05, 0) is 51.6 Å². The van der Waals surface area contributed by atoms with Crippen LogP contribution < -0.4 is 10.4 Å². The summed E-state index contributed by atoms with van der Waals surface area (Å²) in [5.41, 5.74) is 1.29. The van der Waals surface area contributed by atoms with Crippen LogP contribution in [0.15, 0.2) is 27.4 Å². The van der Waals surface area contributed by atoms with Crippen molar-refractivity contribution in [2.24, 2.45) is 0 Å². The minimum absolute atomic E-state index is 0.00740. The molecule has 146 valence electrons. The second kappa shape index (κ2) is 8.13. The van der Waals surface area contributed by atoms with Crippen molar-refractivity contribution >= 4 is 16.9 Å². The van der Waals surface area contributed by atoms with Gasteiger partial charge in [0, 0.05) is 30.6 Å². The number of carbonyl (C=O) groups excluding carboxylic acids is 1. The largest absolute Gasteiger partial charge is 0.497 e. The zero-order valence-corrected chi connectivity index (χ0v) is 16.6. The molecule has 0 N–H and O–H groups in total. The highest BCUT2D eigenvalue weighted by molar-refractivity contribution is 5.85. The highest BCUT2D eigenvalue weighted by Crippen LogP contribution is 2.24. The lowest BCUT2D eigenvalue weighted by molar-refractivity contribution is -0.131. The number of ether oxygens (including phenoxy) is 1. The highest BCUT2D eigenvalue weighted by atomic mass is 16.5. The molecule has 1 aliphatic rings. The van der Waals surface area contributed by atoms with E-state index in [4.69, 9.17) is 9.15 Å². The molecule has 0 saturated carbocycles. The van der Waals surface area contributed by atoms with Crippen molar-refractivity contribution in [1.82, 2.24) is 9.80 Å². The molecule has 1 aliphatic heterocycles. The first kappa shape index (κ1) is 19.4. The van der Waals surface area contributed by atoms with Gasteiger partial charge in [-0.1, -0.05) is 6.42 Å². The molecular formula is C21H28N2O4. The van der Waals surface area contributed by atoms with E-state index in [2.05, 4.69) is 19.0 Å². The molecule has 6 heteroatoms. The third-order valence-corrected chi connectivity index (χ3v) is 5.55. The zero-order chi connectivity index (χ0) is 19.6. The molecule has 1 atom stereocenters. The smallest absolute Gasteiger partial charge is 0.340 e. The third-order valence-electron chi connectivity index (χ3n) is 5.55. The molecule has 27 heavy (non-hydrogen) atoms. The Kier molecular flexibility index (Phi) is 5.85. The average molecular weight is 372 g/mol. The number of amides is 1. The van der Waals surface area contributed by atoms with Crippen molar-refractivity contribution in [3.8, 4) is 5.75 Å². The van der Waals surface area contributed by atoms with E-state index in [0.717, 1.165) is 36.8 Å². The SMILES string of the molecule is COc1ccc2c(C)c(CC(=O)N3CCCC[C@H](N(C)C)C3)c(=O)oc2c1. The van der Waals surface area contributed by atoms with E-state index >= 15 is 0 Å². The van der Waals surface area contributed by atoms with Crippen molar-refractivity contribution in [1.29, 1.82) is 0 Å². The molecule has 0 spiro atoms. The summed E-state index contributed by atoms with van der Waals surface area (Å²) in [5.74, 6) is 0.625. The van der Waals surface area contributed by atoms with Crippen LogP contribution in [-0.2, 0) is 11.2 Å². The first-order valence-corrected chi connectivity index (χ1v) is 9.45. The molecule has 0 unspecified atom stereocenters. The van der Waals surface area contributed by atoms with Gasteiger partial charge in [0.1, 0.15) is 11.3 Å². The Balaban J connectivity index is 1.87. The number of carbonyl (C=O) groups is 1. The molecule has 1 amide bonds. The van der Waals surface area contributed by atoms with Gasteiger partial charge in [0.25, 0.3) is 0 Å². The van der Waals surface area contributed by atoms with Crippen LogP contribution in [0, 0.1) is 6.92 Å². The van der Waals surface area contributed by atoms with Gasteiger partial charge in [-0.25, -0.2) is 4.79 Å². The fraction of sp³-hybridized carbons (Fsp3) is 0.524. The van der Waals surface area contributed by atoms with Gasteiger partial charge >= 0.3 is 5.63 Å². The number of benzene rings is 1. The molecule has 0 bridgehead atoms. The molecule has 0 radical (unpaired) electrons. The van der Waals surface area contributed by atoms with Crippen molar-refractivity contribution in [2.45, 2.75) is 38.6 Å². The Hall–Kier alpha value is -2.34. The van der Waals surface area contributed by atoms with Gasteiger partial charge < -0.3 is 19.0 Å². The number of fused-ring (bicyclic) bond motifs is 1. The van der Waals surface area contributed by atoms with Crippen LogP contribution in [0.5, 0.6) is 5.75 Å². The fourth-order valence-electron chi connectivity index (χ4n) is 3.74. The first-order valence-electron chi connectivity index (χ1n) is 9.45. The van der Waals surface area contributed by atoms with E-state index in [9.17, 15) is 9.59 Å². The molecule has 3 rings (SSSR count). The second-order valence-corrected chi connectivity index (χ2v) is 7.48. The highest BCUT2D eigenvalue weighted by Gasteiger charge is 2.25. The van der Waals surface area contributed by atoms with Gasteiger partial charge in [0.15, 0.2) is 0 Å². The van der Waals surface area contributed by atoms with Gasteiger partial charge in [0.2, 0.25) is 5.91 Å². The molecule has 1 saturated heterocycles. The van der Waals surface area contributed by atoms with Crippen LogP contribution in [0.2, 0.25) is 0 Å². The minimum Gasteiger partial charge on any atom is -0.497 e. The number of methoxy groups -OCH3 is 1. The Labute approximate surface area is 159 Å². The van der Waals surface area contributed by atoms with E-state index in [1.54, 1.807) is 13.2 Å². The Morgan fingerprint density at radius 1 is 1.33 bits per heavy atom. The van der Waals surface area contributed by atoms with E-state index in [1.165, 1.54) is 0 Å². The fourth-order valence-corrected chi connectivity index (χ4v) is 3.74. The maximum Gasteiger partial charge on any atom is 0.340 e. The first-order chi connectivity index (χ1) is 12.9. The number of rotatable bonds is 4. The van der Waals surface area contributed by atoms with E-state index in [1.807, 2.05) is 24.0 Å². The van der Waals surface area contributed by atoms with Gasteiger partial charge in [-0.3, -0.25) is 4.79 Å². The lowest BCUT2D eigenvalue weighted by atomic mass is 10.0. The van der Waals surface area contributed by atoms with E-state index in [-0.39, 0.29) is 12.3 Å². The number of likely N-dealkylation sites (tertiary alicyclic amines) is 1. The summed E-state index contributed by atoms with van der Waals surface area (Å²) in [6, 6.07) is 5.76. The summed E-state index contributed by atoms with van der Waals surface area (Å²) < 4.78 is 10.7. The molecule has 1 aromatic carbocycles. The van der Waals surface area contributed by atoms with Crippen LogP contribution in [0.3, 0.4) is 0 Å². The van der Waals surface area contributed by atoms with Gasteiger partial charge in [-0.2, -0.15) is 0 Å². The molecular weight excluding hydrogens is 344 g/mol. The molecule has 0 aliphatic carbocycles. The Morgan fingerprint density at radius 2 is 2.11 bits per heavy atom. The van der Waals surface area contributed by atoms with Crippen molar-refractivity contribution in [3.05, 3.63) is 39.7 Å². The standard InChI is InChI=1S/C21H28N2O4/c1-14-17-9-8-16(26-4)11-19(17)27-21(25)18(14)12-20(24)23-10-6-5-7-15(13-23)22(2)3/h8-9,11,15H,5-7,10,12-13H2,1-4H3/t15-/m0/s1. The maximum atomic E-state index is 12.9. The third kappa shape index (κ3) is 4.16. The molecule has 1 aromatic heterocycles. The number of hydrogen-bond acceptors (Lipinski definition) is 5. The van der Waals surface area contributed by atoms with Crippen molar-refractivity contribution in [2.75, 3.05) is 34.3 Å². The van der Waals surface area contributed by atoms with E-state index < -0.39 is 5.63 Å². The van der Waals surface area contributed by atoms with Crippen molar-refractivity contribution in [3.63, 3.8) is 0 Å². The Morgan fingerprint density at radius 3 is 2.81 bits per heavy atom. The van der Waals surface area contributed by atoms with Crippen LogP contribution in [0.25, 0.3) is 11.0 Å². The predicted octanol–water partition coefficient (Wildman–Crippen LogP) is 2.60. The Bertz CT molecular complexity index is 888.